The minimum Gasteiger partial charge on any atom is -0.496 e. The minimum atomic E-state index is -0.259. The van der Waals surface area contributed by atoms with Crippen molar-refractivity contribution in [2.24, 2.45) is 0 Å². The molecular weight excluding hydrogens is 255 g/mol. The van der Waals surface area contributed by atoms with Crippen LogP contribution in [-0.2, 0) is 0 Å². The molecule has 0 aliphatic heterocycles. The Morgan fingerprint density at radius 2 is 1.76 bits per heavy atom. The lowest BCUT2D eigenvalue weighted by Crippen LogP contribution is -1.97. The monoisotopic (exact) mass is 266 g/mol. The highest BCUT2D eigenvalue weighted by atomic mass is 35.5. The number of rotatable bonds is 3. The maximum absolute atomic E-state index is 6.45. The second-order valence-electron chi connectivity index (χ2n) is 3.66. The maximum atomic E-state index is 6.45. The molecule has 0 aliphatic carbocycles. The van der Waals surface area contributed by atoms with Crippen LogP contribution >= 0.6 is 23.2 Å². The smallest absolute Gasteiger partial charge is 0.123 e. The Morgan fingerprint density at radius 1 is 1.06 bits per heavy atom. The highest BCUT2D eigenvalue weighted by Crippen LogP contribution is 2.36. The van der Waals surface area contributed by atoms with Crippen LogP contribution in [0.5, 0.6) is 5.75 Å². The molecule has 1 unspecified atom stereocenters. The van der Waals surface area contributed by atoms with Gasteiger partial charge < -0.3 is 4.74 Å². The molecule has 0 saturated carbocycles. The van der Waals surface area contributed by atoms with Gasteiger partial charge in [0.1, 0.15) is 5.75 Å². The summed E-state index contributed by atoms with van der Waals surface area (Å²) in [7, 11) is 1.63. The molecule has 0 aromatic heterocycles. The number of hydrogen-bond acceptors (Lipinski definition) is 1. The lowest BCUT2D eigenvalue weighted by Gasteiger charge is -2.14. The molecule has 88 valence electrons. The van der Waals surface area contributed by atoms with Crippen molar-refractivity contribution >= 4 is 23.2 Å². The third-order valence-electron chi connectivity index (χ3n) is 2.56. The van der Waals surface area contributed by atoms with Crippen LogP contribution in [0.25, 0.3) is 0 Å². The summed E-state index contributed by atoms with van der Waals surface area (Å²) in [6.45, 7) is 0. The Bertz CT molecular complexity index is 497. The summed E-state index contributed by atoms with van der Waals surface area (Å²) in [5.74, 6) is 0.748. The predicted octanol–water partition coefficient (Wildman–Crippen LogP) is 4.68. The van der Waals surface area contributed by atoms with Crippen LogP contribution in [-0.4, -0.2) is 7.11 Å². The molecule has 0 saturated heterocycles. The van der Waals surface area contributed by atoms with E-state index >= 15 is 0 Å². The molecule has 0 fully saturated rings. The van der Waals surface area contributed by atoms with Crippen LogP contribution in [0.1, 0.15) is 16.5 Å². The molecule has 1 nitrogen and oxygen atoms in total. The fourth-order valence-corrected chi connectivity index (χ4v) is 2.20. The molecule has 0 N–H and O–H groups in total. The second-order valence-corrected chi connectivity index (χ2v) is 4.53. The lowest BCUT2D eigenvalue weighted by atomic mass is 10.0. The molecule has 2 rings (SSSR count). The first-order chi connectivity index (χ1) is 8.22. The molecule has 0 bridgehead atoms. The molecule has 3 heteroatoms. The predicted molar refractivity (Wildman–Crippen MR) is 72.1 cm³/mol. The molecule has 1 atom stereocenters. The zero-order valence-corrected chi connectivity index (χ0v) is 10.9. The lowest BCUT2D eigenvalue weighted by molar-refractivity contribution is 0.410. The first-order valence-electron chi connectivity index (χ1n) is 5.25. The van der Waals surface area contributed by atoms with Crippen LogP contribution in [0.4, 0.5) is 0 Å². The largest absolute Gasteiger partial charge is 0.496 e. The normalized spacial score (nSPS) is 12.2. The van der Waals surface area contributed by atoms with Crippen LogP contribution < -0.4 is 4.74 Å². The van der Waals surface area contributed by atoms with Crippen molar-refractivity contribution in [3.8, 4) is 5.75 Å². The van der Waals surface area contributed by atoms with E-state index in [1.165, 1.54) is 0 Å². The average molecular weight is 267 g/mol. The topological polar surface area (TPSA) is 9.23 Å². The third-order valence-corrected chi connectivity index (χ3v) is 3.28. The van der Waals surface area contributed by atoms with E-state index in [0.717, 1.165) is 16.9 Å². The summed E-state index contributed by atoms with van der Waals surface area (Å²) in [6.07, 6.45) is 0. The van der Waals surface area contributed by atoms with Crippen molar-refractivity contribution < 1.29 is 4.74 Å². The number of alkyl halides is 1. The Labute approximate surface area is 111 Å². The Kier molecular flexibility index (Phi) is 3.93. The van der Waals surface area contributed by atoms with Gasteiger partial charge in [0, 0.05) is 10.6 Å². The van der Waals surface area contributed by atoms with Crippen LogP contribution in [0.2, 0.25) is 5.02 Å². The van der Waals surface area contributed by atoms with Gasteiger partial charge in [0.05, 0.1) is 12.5 Å². The van der Waals surface area contributed by atoms with Crippen molar-refractivity contribution in [2.45, 2.75) is 5.38 Å². The van der Waals surface area contributed by atoms with Gasteiger partial charge in [-0.25, -0.2) is 0 Å². The zero-order valence-electron chi connectivity index (χ0n) is 9.36. The van der Waals surface area contributed by atoms with Crippen LogP contribution in [0.3, 0.4) is 0 Å². The summed E-state index contributed by atoms with van der Waals surface area (Å²) < 4.78 is 5.30. The van der Waals surface area contributed by atoms with Crippen molar-refractivity contribution in [1.82, 2.24) is 0 Å². The molecule has 0 heterocycles. The van der Waals surface area contributed by atoms with Gasteiger partial charge in [-0.1, -0.05) is 41.9 Å². The third kappa shape index (κ3) is 2.74. The van der Waals surface area contributed by atoms with Gasteiger partial charge in [-0.15, -0.1) is 11.6 Å². The van der Waals surface area contributed by atoms with E-state index in [9.17, 15) is 0 Å². The highest BCUT2D eigenvalue weighted by Gasteiger charge is 2.15. The summed E-state index contributed by atoms with van der Waals surface area (Å²) in [4.78, 5) is 0. The average Bonchev–Trinajstić information content (AvgIpc) is 2.39. The SMILES string of the molecule is COc1ccc(Cl)cc1C(Cl)c1ccccc1. The van der Waals surface area contributed by atoms with Gasteiger partial charge in [0.2, 0.25) is 0 Å². The quantitative estimate of drug-likeness (QED) is 0.734. The minimum absolute atomic E-state index is 0.259. The molecule has 0 spiro atoms. The fraction of sp³-hybridized carbons (Fsp3) is 0.143. The number of ether oxygens (including phenoxy) is 1. The summed E-state index contributed by atoms with van der Waals surface area (Å²) in [5.41, 5.74) is 1.91. The van der Waals surface area contributed by atoms with Gasteiger partial charge in [-0.2, -0.15) is 0 Å². The van der Waals surface area contributed by atoms with Crippen molar-refractivity contribution in [3.63, 3.8) is 0 Å². The van der Waals surface area contributed by atoms with Gasteiger partial charge in [-0.3, -0.25) is 0 Å². The van der Waals surface area contributed by atoms with Crippen LogP contribution in [0.15, 0.2) is 48.5 Å². The number of methoxy groups -OCH3 is 1. The van der Waals surface area contributed by atoms with Gasteiger partial charge in [-0.05, 0) is 23.8 Å². The van der Waals surface area contributed by atoms with Gasteiger partial charge >= 0.3 is 0 Å². The van der Waals surface area contributed by atoms with E-state index in [4.69, 9.17) is 27.9 Å². The van der Waals surface area contributed by atoms with Gasteiger partial charge in [0.15, 0.2) is 0 Å². The van der Waals surface area contributed by atoms with Crippen molar-refractivity contribution in [1.29, 1.82) is 0 Å². The van der Waals surface area contributed by atoms with Crippen molar-refractivity contribution in [3.05, 3.63) is 64.7 Å². The first kappa shape index (κ1) is 12.3. The van der Waals surface area contributed by atoms with Crippen molar-refractivity contribution in [2.75, 3.05) is 7.11 Å². The molecule has 0 radical (unpaired) electrons. The van der Waals surface area contributed by atoms with Crippen LogP contribution in [0, 0.1) is 0 Å². The molecule has 17 heavy (non-hydrogen) atoms. The second kappa shape index (κ2) is 5.44. The Morgan fingerprint density at radius 3 is 2.41 bits per heavy atom. The zero-order chi connectivity index (χ0) is 12.3. The molecule has 2 aromatic rings. The van der Waals surface area contributed by atoms with E-state index in [1.807, 2.05) is 42.5 Å². The van der Waals surface area contributed by atoms with E-state index in [0.29, 0.717) is 5.02 Å². The molecular formula is C14H12Cl2O. The van der Waals surface area contributed by atoms with E-state index in [2.05, 4.69) is 0 Å². The van der Waals surface area contributed by atoms with Gasteiger partial charge in [0.25, 0.3) is 0 Å². The number of hydrogen-bond donors (Lipinski definition) is 0. The number of halogens is 2. The summed E-state index contributed by atoms with van der Waals surface area (Å²) in [6, 6.07) is 15.3. The summed E-state index contributed by atoms with van der Waals surface area (Å²) in [5, 5.41) is 0.396. The number of benzene rings is 2. The Balaban J connectivity index is 2.43. The molecule has 0 amide bonds. The standard InChI is InChI=1S/C14H12Cl2O/c1-17-13-8-7-11(15)9-12(13)14(16)10-5-3-2-4-6-10/h2-9,14H,1H3. The molecule has 0 aliphatic rings. The first-order valence-corrected chi connectivity index (χ1v) is 6.06. The molecule has 2 aromatic carbocycles. The van der Waals surface area contributed by atoms with E-state index in [-0.39, 0.29) is 5.38 Å². The summed E-state index contributed by atoms with van der Waals surface area (Å²) >= 11 is 12.4. The van der Waals surface area contributed by atoms with E-state index in [1.54, 1.807) is 13.2 Å². The maximum Gasteiger partial charge on any atom is 0.123 e. The Hall–Kier alpha value is -1.18. The fourth-order valence-electron chi connectivity index (χ4n) is 1.70. The highest BCUT2D eigenvalue weighted by molar-refractivity contribution is 6.31. The van der Waals surface area contributed by atoms with E-state index < -0.39 is 0 Å².